The summed E-state index contributed by atoms with van der Waals surface area (Å²) in [4.78, 5) is 17.0. The highest BCUT2D eigenvalue weighted by Gasteiger charge is 2.19. The second-order valence-corrected chi connectivity index (χ2v) is 8.16. The summed E-state index contributed by atoms with van der Waals surface area (Å²) >= 11 is 0. The first-order valence-corrected chi connectivity index (χ1v) is 10.9. The molecule has 8 nitrogen and oxygen atoms in total. The van der Waals surface area contributed by atoms with Crippen LogP contribution in [0.4, 0.5) is 5.69 Å². The maximum Gasteiger partial charge on any atom is 0.252 e. The number of aromatic nitrogens is 1. The van der Waals surface area contributed by atoms with Crippen LogP contribution >= 0.6 is 0 Å². The number of piperazine rings is 1. The molecule has 0 spiro atoms. The Labute approximate surface area is 193 Å². The molecule has 1 fully saturated rings. The van der Waals surface area contributed by atoms with Gasteiger partial charge in [0.25, 0.3) is 5.91 Å². The van der Waals surface area contributed by atoms with Crippen molar-refractivity contribution in [2.45, 2.75) is 13.0 Å². The van der Waals surface area contributed by atoms with E-state index in [1.165, 1.54) is 0 Å². The zero-order valence-electron chi connectivity index (χ0n) is 19.0. The van der Waals surface area contributed by atoms with Crippen LogP contribution in [0.15, 0.2) is 53.1 Å². The zero-order valence-corrected chi connectivity index (χ0v) is 19.0. The quantitative estimate of drug-likeness (QED) is 0.621. The molecule has 4 rings (SSSR count). The Morgan fingerprint density at radius 3 is 2.70 bits per heavy atom. The molecule has 1 atom stereocenters. The Morgan fingerprint density at radius 1 is 1.18 bits per heavy atom. The number of methoxy groups -OCH3 is 1. The van der Waals surface area contributed by atoms with Crippen molar-refractivity contribution in [3.05, 3.63) is 54.1 Å². The van der Waals surface area contributed by atoms with E-state index in [9.17, 15) is 4.79 Å². The Kier molecular flexibility index (Phi) is 6.61. The lowest BCUT2D eigenvalue weighted by Gasteiger charge is -2.34. The van der Waals surface area contributed by atoms with Crippen LogP contribution in [0.2, 0.25) is 0 Å². The van der Waals surface area contributed by atoms with E-state index >= 15 is 0 Å². The summed E-state index contributed by atoms with van der Waals surface area (Å²) in [6, 6.07) is 16.4. The van der Waals surface area contributed by atoms with Crippen LogP contribution < -0.4 is 15.0 Å². The van der Waals surface area contributed by atoms with Crippen molar-refractivity contribution in [1.29, 1.82) is 5.26 Å². The molecule has 2 aromatic carbocycles. The highest BCUT2D eigenvalue weighted by Crippen LogP contribution is 2.36. The first kappa shape index (κ1) is 22.4. The van der Waals surface area contributed by atoms with Crippen molar-refractivity contribution >= 4 is 11.6 Å². The van der Waals surface area contributed by atoms with Crippen LogP contribution in [0.3, 0.4) is 0 Å². The number of benzene rings is 2. The van der Waals surface area contributed by atoms with Gasteiger partial charge in [-0.1, -0.05) is 17.3 Å². The maximum atomic E-state index is 12.4. The first-order valence-electron chi connectivity index (χ1n) is 10.9. The fraction of sp³-hybridized carbons (Fsp3) is 0.320. The van der Waals surface area contributed by atoms with Gasteiger partial charge in [-0.05, 0) is 38.2 Å². The van der Waals surface area contributed by atoms with E-state index in [2.05, 4.69) is 33.4 Å². The Morgan fingerprint density at radius 2 is 1.97 bits per heavy atom. The predicted octanol–water partition coefficient (Wildman–Crippen LogP) is 3.41. The number of nitriles is 1. The van der Waals surface area contributed by atoms with E-state index in [0.717, 1.165) is 43.0 Å². The van der Waals surface area contributed by atoms with Crippen molar-refractivity contribution in [3.8, 4) is 34.4 Å². The van der Waals surface area contributed by atoms with E-state index in [4.69, 9.17) is 14.5 Å². The fourth-order valence-corrected chi connectivity index (χ4v) is 3.82. The molecule has 0 saturated carbocycles. The van der Waals surface area contributed by atoms with Gasteiger partial charge < -0.3 is 24.4 Å². The number of hydrogen-bond donors (Lipinski definition) is 1. The van der Waals surface area contributed by atoms with Crippen LogP contribution in [-0.4, -0.2) is 62.3 Å². The summed E-state index contributed by atoms with van der Waals surface area (Å²) < 4.78 is 11.3. The smallest absolute Gasteiger partial charge is 0.252 e. The molecule has 0 aliphatic carbocycles. The fourth-order valence-electron chi connectivity index (χ4n) is 3.82. The van der Waals surface area contributed by atoms with Gasteiger partial charge in [-0.2, -0.15) is 5.26 Å². The highest BCUT2D eigenvalue weighted by molar-refractivity contribution is 5.95. The third-order valence-electron chi connectivity index (χ3n) is 5.79. The minimum absolute atomic E-state index is 0.309. The van der Waals surface area contributed by atoms with E-state index in [0.29, 0.717) is 22.8 Å². The van der Waals surface area contributed by atoms with Gasteiger partial charge in [0.15, 0.2) is 5.76 Å². The number of carbonyl (C=O) groups is 1. The lowest BCUT2D eigenvalue weighted by Crippen LogP contribution is -2.44. The maximum absolute atomic E-state index is 12.4. The van der Waals surface area contributed by atoms with Gasteiger partial charge >= 0.3 is 0 Å². The standard InChI is InChI=1S/C25H27N5O3/c1-17(16-26)27-25(31)19-6-4-5-18(13-19)22-15-24(33-28-22)21-8-7-20(14-23(21)32-3)30-11-9-29(2)10-12-30/h4-8,13-15,17H,9-12H2,1-3H3,(H,27,31)/t17-/m1/s1. The number of amides is 1. The van der Waals surface area contributed by atoms with Crippen LogP contribution in [0.25, 0.3) is 22.6 Å². The van der Waals surface area contributed by atoms with Gasteiger partial charge in [0, 0.05) is 55.1 Å². The van der Waals surface area contributed by atoms with Crippen LogP contribution in [0.1, 0.15) is 17.3 Å². The predicted molar refractivity (Wildman–Crippen MR) is 126 cm³/mol. The number of rotatable bonds is 6. The summed E-state index contributed by atoms with van der Waals surface area (Å²) in [6.45, 7) is 5.64. The van der Waals surface area contributed by atoms with Crippen LogP contribution in [0.5, 0.6) is 5.75 Å². The van der Waals surface area contributed by atoms with Crippen molar-refractivity contribution in [2.75, 3.05) is 45.2 Å². The molecule has 1 aliphatic rings. The number of ether oxygens (including phenoxy) is 1. The Balaban J connectivity index is 1.57. The number of likely N-dealkylation sites (N-methyl/N-ethyl adjacent to an activating group) is 1. The second kappa shape index (κ2) is 9.76. The number of carbonyl (C=O) groups excluding carboxylic acids is 1. The van der Waals surface area contributed by atoms with Gasteiger partial charge in [0.2, 0.25) is 0 Å². The molecule has 3 aromatic rings. The number of anilines is 1. The Bertz CT molecular complexity index is 1170. The molecular formula is C25H27N5O3. The minimum atomic E-state index is -0.568. The SMILES string of the molecule is COc1cc(N2CCN(C)CC2)ccc1-c1cc(-c2cccc(C(=O)N[C@H](C)C#N)c2)no1. The van der Waals surface area contributed by atoms with Crippen LogP contribution in [-0.2, 0) is 0 Å². The minimum Gasteiger partial charge on any atom is -0.496 e. The molecule has 0 bridgehead atoms. The molecule has 1 amide bonds. The van der Waals surface area contributed by atoms with E-state index in [-0.39, 0.29) is 5.91 Å². The molecular weight excluding hydrogens is 418 g/mol. The topological polar surface area (TPSA) is 94.6 Å². The molecule has 2 heterocycles. The van der Waals surface area contributed by atoms with Gasteiger partial charge in [-0.3, -0.25) is 4.79 Å². The van der Waals surface area contributed by atoms with Crippen molar-refractivity contribution in [2.24, 2.45) is 0 Å². The summed E-state index contributed by atoms with van der Waals surface area (Å²) in [6.07, 6.45) is 0. The normalized spacial score (nSPS) is 15.0. The third kappa shape index (κ3) is 4.99. The molecule has 1 aromatic heterocycles. The number of hydrogen-bond acceptors (Lipinski definition) is 7. The summed E-state index contributed by atoms with van der Waals surface area (Å²) in [5.74, 6) is 0.989. The van der Waals surface area contributed by atoms with E-state index < -0.39 is 6.04 Å². The molecule has 0 unspecified atom stereocenters. The van der Waals surface area contributed by atoms with E-state index in [1.54, 1.807) is 32.2 Å². The largest absolute Gasteiger partial charge is 0.496 e. The summed E-state index contributed by atoms with van der Waals surface area (Å²) in [5.41, 5.74) is 3.74. The molecule has 0 radical (unpaired) electrons. The Hall–Kier alpha value is -3.83. The van der Waals surface area contributed by atoms with Crippen molar-refractivity contribution in [1.82, 2.24) is 15.4 Å². The van der Waals surface area contributed by atoms with Gasteiger partial charge in [0.05, 0.1) is 18.7 Å². The average Bonchev–Trinajstić information content (AvgIpc) is 3.34. The molecule has 33 heavy (non-hydrogen) atoms. The lowest BCUT2D eigenvalue weighted by molar-refractivity contribution is 0.0948. The number of nitrogens with one attached hydrogen (secondary N) is 1. The number of nitrogens with zero attached hydrogens (tertiary/aromatic N) is 4. The van der Waals surface area contributed by atoms with Crippen LogP contribution in [0, 0.1) is 11.3 Å². The van der Waals surface area contributed by atoms with Gasteiger partial charge in [0.1, 0.15) is 17.5 Å². The highest BCUT2D eigenvalue weighted by atomic mass is 16.5. The second-order valence-electron chi connectivity index (χ2n) is 8.16. The average molecular weight is 446 g/mol. The monoisotopic (exact) mass is 445 g/mol. The zero-order chi connectivity index (χ0) is 23.4. The van der Waals surface area contributed by atoms with Crippen molar-refractivity contribution in [3.63, 3.8) is 0 Å². The van der Waals surface area contributed by atoms with Crippen molar-refractivity contribution < 1.29 is 14.1 Å². The summed E-state index contributed by atoms with van der Waals surface area (Å²) in [7, 11) is 3.78. The lowest BCUT2D eigenvalue weighted by atomic mass is 10.1. The van der Waals surface area contributed by atoms with Gasteiger partial charge in [-0.25, -0.2) is 0 Å². The molecule has 1 N–H and O–H groups in total. The third-order valence-corrected chi connectivity index (χ3v) is 5.79. The molecule has 8 heteroatoms. The molecule has 1 aliphatic heterocycles. The van der Waals surface area contributed by atoms with E-state index in [1.807, 2.05) is 30.3 Å². The molecule has 1 saturated heterocycles. The molecule has 170 valence electrons. The van der Waals surface area contributed by atoms with Gasteiger partial charge in [-0.15, -0.1) is 0 Å². The first-order chi connectivity index (χ1) is 16.0. The summed E-state index contributed by atoms with van der Waals surface area (Å²) in [5, 5.41) is 15.8.